The van der Waals surface area contributed by atoms with Gasteiger partial charge in [-0.3, -0.25) is 0 Å². The molecule has 0 aliphatic heterocycles. The zero-order chi connectivity index (χ0) is 92.2. The van der Waals surface area contributed by atoms with Crippen LogP contribution >= 0.6 is 0 Å². The Labute approximate surface area is 542 Å². The third-order valence-corrected chi connectivity index (χ3v) is 13.2. The molecule has 110 heavy (non-hydrogen) atoms. The Hall–Kier alpha value is -5.96. The Morgan fingerprint density at radius 1 is 0.118 bits per heavy atom. The summed E-state index contributed by atoms with van der Waals surface area (Å²) in [4.78, 5) is 20.5. The molecule has 4 nitrogen and oxygen atoms in total. The fourth-order valence-electron chi connectivity index (χ4n) is 6.62. The average Bonchev–Trinajstić information content (AvgIpc) is 0.663. The van der Waals surface area contributed by atoms with Crippen LogP contribution in [0.25, 0.3) is 0 Å². The summed E-state index contributed by atoms with van der Waals surface area (Å²) in [6, 6.07) is 0. The van der Waals surface area contributed by atoms with Gasteiger partial charge in [0, 0.05) is 0 Å². The first-order chi connectivity index (χ1) is 45.9. The summed E-state index contributed by atoms with van der Waals surface area (Å²) in [5, 5.41) is 15.6. The van der Waals surface area contributed by atoms with E-state index in [0.717, 1.165) is 0 Å². The monoisotopic (exact) mass is 1830 g/mol. The molecule has 0 saturated carbocycles. The van der Waals surface area contributed by atoms with Gasteiger partial charge in [-0.25, -0.2) is 18.4 Å². The number of hydrogen-bond acceptors (Lipinski definition) is 2. The molecule has 0 aromatic rings. The first-order valence-electron chi connectivity index (χ1n) is 22.6. The number of carboxylic acid groups (broad SMARTS) is 2. The molecule has 74 heteroatoms. The molecule has 0 aromatic carbocycles. The second kappa shape index (κ2) is 25.8. The van der Waals surface area contributed by atoms with Crippen molar-refractivity contribution in [3.05, 3.63) is 0 Å². The van der Waals surface area contributed by atoms with Crippen molar-refractivity contribution in [2.75, 3.05) is 0 Å². The molecule has 0 bridgehead atoms. The maximum absolute atomic E-state index is 15.1. The highest BCUT2D eigenvalue weighted by atomic mass is 19.5. The Kier molecular flexibility index (Phi) is 24.9. The van der Waals surface area contributed by atoms with Crippen molar-refractivity contribution in [2.24, 2.45) is 0 Å². The lowest BCUT2D eigenvalue weighted by Crippen LogP contribution is -2.85. The van der Waals surface area contributed by atoms with Crippen LogP contribution in [0, 0.1) is 0 Å². The maximum atomic E-state index is 15.1. The highest BCUT2D eigenvalue weighted by molar-refractivity contribution is 5.78. The van der Waals surface area contributed by atoms with Gasteiger partial charge in [0.1, 0.15) is 0 Å². The van der Waals surface area contributed by atoms with Crippen LogP contribution in [0.4, 0.5) is 307 Å². The molecule has 0 fully saturated rings. The molecule has 0 spiro atoms. The zero-order valence-electron chi connectivity index (χ0n) is 46.2. The van der Waals surface area contributed by atoms with Crippen LogP contribution in [-0.2, 0) is 9.59 Å². The van der Waals surface area contributed by atoms with Gasteiger partial charge in [0.15, 0.2) is 0 Å². The summed E-state index contributed by atoms with van der Waals surface area (Å²) < 4.78 is 947. The minimum Gasteiger partial charge on any atom is -0.477 e. The lowest BCUT2D eigenvalue weighted by atomic mass is 9.72. The summed E-state index contributed by atoms with van der Waals surface area (Å²) in [5.74, 6) is -294. The van der Waals surface area contributed by atoms with E-state index >= 15 is 8.78 Å². The summed E-state index contributed by atoms with van der Waals surface area (Å²) in [5.41, 5.74) is -22.4. The second-order valence-electron chi connectivity index (χ2n) is 20.0. The van der Waals surface area contributed by atoms with E-state index in [2.05, 4.69) is 0 Å². The van der Waals surface area contributed by atoms with Gasteiger partial charge in [-0.05, 0) is 0 Å². The topological polar surface area (TPSA) is 74.6 Å². The van der Waals surface area contributed by atoms with E-state index in [9.17, 15) is 308 Å². The smallest absolute Gasteiger partial charge is 0.460 e. The van der Waals surface area contributed by atoms with E-state index in [1.54, 1.807) is 0 Å². The molecular weight excluding hydrogens is 1830 g/mol. The van der Waals surface area contributed by atoms with Gasteiger partial charge in [0.25, 0.3) is 0 Å². The van der Waals surface area contributed by atoms with Crippen LogP contribution in [0.5, 0.6) is 0 Å². The molecular formula is C36H2F70O4. The van der Waals surface area contributed by atoms with Crippen molar-refractivity contribution in [2.45, 2.75) is 202 Å². The normalized spacial score (nSPS) is 18.0. The number of aliphatic carboxylic acids is 2. The van der Waals surface area contributed by atoms with Crippen LogP contribution in [0.1, 0.15) is 0 Å². The van der Waals surface area contributed by atoms with Crippen LogP contribution < -0.4 is 0 Å². The van der Waals surface area contributed by atoms with E-state index in [1.807, 2.05) is 0 Å². The largest absolute Gasteiger partial charge is 0.477 e. The van der Waals surface area contributed by atoms with Gasteiger partial charge in [-0.2, -0.15) is 299 Å². The molecule has 0 amide bonds. The Morgan fingerprint density at radius 2 is 0.191 bits per heavy atom. The van der Waals surface area contributed by atoms with E-state index in [-0.39, 0.29) is 0 Å². The Bertz CT molecular complexity index is 3100. The highest BCUT2D eigenvalue weighted by Gasteiger charge is 3.08. The highest BCUT2D eigenvalue weighted by Crippen LogP contribution is 2.76. The fraction of sp³-hybridized carbons (Fsp3) is 0.944. The van der Waals surface area contributed by atoms with Gasteiger partial charge in [0.05, 0.1) is 0 Å². The molecule has 0 heterocycles. The number of carboxylic acids is 2. The number of alkyl halides is 70. The molecule has 2 atom stereocenters. The molecule has 0 saturated heterocycles. The van der Waals surface area contributed by atoms with Crippen molar-refractivity contribution in [1.82, 2.24) is 0 Å². The zero-order valence-corrected chi connectivity index (χ0v) is 46.2. The van der Waals surface area contributed by atoms with Crippen molar-refractivity contribution < 1.29 is 327 Å². The predicted octanol–water partition coefficient (Wildman–Crippen LogP) is 21.6. The van der Waals surface area contributed by atoms with E-state index in [1.165, 1.54) is 0 Å². The molecule has 0 aromatic heterocycles. The van der Waals surface area contributed by atoms with Crippen LogP contribution in [0.3, 0.4) is 0 Å². The van der Waals surface area contributed by atoms with Gasteiger partial charge >= 0.3 is 214 Å². The Balaban J connectivity index is 0. The quantitative estimate of drug-likeness (QED) is 0.0703. The summed E-state index contributed by atoms with van der Waals surface area (Å²) in [7, 11) is 0. The molecule has 0 radical (unpaired) electrons. The summed E-state index contributed by atoms with van der Waals surface area (Å²) in [6.07, 6.45) is -34.4. The summed E-state index contributed by atoms with van der Waals surface area (Å²) in [6.45, 7) is 0. The van der Waals surface area contributed by atoms with E-state index in [0.29, 0.717) is 0 Å². The van der Waals surface area contributed by atoms with Crippen LogP contribution in [-0.4, -0.2) is 224 Å². The van der Waals surface area contributed by atoms with Crippen molar-refractivity contribution in [3.63, 3.8) is 0 Å². The Morgan fingerprint density at radius 3 is 0.264 bits per heavy atom. The average molecular weight is 1830 g/mol. The van der Waals surface area contributed by atoms with Crippen LogP contribution in [0.2, 0.25) is 0 Å². The first-order valence-corrected chi connectivity index (χ1v) is 22.6. The van der Waals surface area contributed by atoms with E-state index in [4.69, 9.17) is 10.2 Å². The number of hydrogen-bond donors (Lipinski definition) is 2. The van der Waals surface area contributed by atoms with E-state index < -0.39 is 214 Å². The predicted molar refractivity (Wildman–Crippen MR) is 186 cm³/mol. The molecule has 0 aliphatic rings. The maximum Gasteiger partial charge on any atom is 0.460 e. The van der Waals surface area contributed by atoms with Crippen molar-refractivity contribution >= 4 is 11.9 Å². The van der Waals surface area contributed by atoms with Crippen LogP contribution in [0.15, 0.2) is 0 Å². The molecule has 2 N–H and O–H groups in total. The number of carbonyl (C=O) groups is 2. The third kappa shape index (κ3) is 12.0. The molecule has 2 unspecified atom stereocenters. The fourth-order valence-corrected chi connectivity index (χ4v) is 6.62. The van der Waals surface area contributed by atoms with Gasteiger partial charge < -0.3 is 10.2 Å². The lowest BCUT2D eigenvalue weighted by Gasteiger charge is -2.51. The van der Waals surface area contributed by atoms with Crippen molar-refractivity contribution in [1.29, 1.82) is 0 Å². The first kappa shape index (κ1) is 106. The molecule has 660 valence electrons. The number of rotatable bonds is 30. The SMILES string of the molecule is O=C(O)C(F)(F)C(F)(F)C(F)(C(F)(F)C(F)(F)C(F)(F)C(F)(F)C(F)(F)C(F)(F)F)C(F)(F)C(F)(F)C(F)(F)C(F)(F)C(F)(F)C(F)(F)C(F)(F)C(F)(F)F.O=C(O)C(F)(F)C(F)(F)C(F)(C(F)(F)C(F)(F)C(F)(F)C(F)(F)C(F)(F)C(F)(F)F)C(F)(F)C(F)(F)C(F)(F)C(F)(F)C(F)(F)C(F)(F)C(F)(F)C(F)(F)F. The lowest BCUT2D eigenvalue weighted by molar-refractivity contribution is -0.496. The minimum absolute atomic E-state index is 5.56. The van der Waals surface area contributed by atoms with Gasteiger partial charge in [-0.1, -0.05) is 0 Å². The molecule has 0 rings (SSSR count). The second-order valence-corrected chi connectivity index (χ2v) is 20.0. The van der Waals surface area contributed by atoms with Gasteiger partial charge in [-0.15, -0.1) is 0 Å². The third-order valence-electron chi connectivity index (χ3n) is 13.2. The van der Waals surface area contributed by atoms with Crippen molar-refractivity contribution in [3.8, 4) is 0 Å². The number of halogens is 70. The standard InChI is InChI=1S/2C18HF35O2/c2*19-2(20,1(54)55)4(22,23)3(21,6(26,27)8(30,31)10(34,35)13(40,41)15(44,45)17(48,49)50)5(24,25)7(28,29)9(32,33)11(36,37)12(38,39)14(42,43)16(46,47)18(51,52)53/h2*(H,54,55). The van der Waals surface area contributed by atoms with Gasteiger partial charge in [0.2, 0.25) is 0 Å². The summed E-state index contributed by atoms with van der Waals surface area (Å²) >= 11 is 0. The molecule has 0 aliphatic carbocycles. The minimum atomic E-state index is -11.2.